The molecular weight excluding hydrogens is 396 g/mol. The van der Waals surface area contributed by atoms with Crippen LogP contribution >= 0.6 is 15.9 Å². The second kappa shape index (κ2) is 6.99. The van der Waals surface area contributed by atoms with Crippen LogP contribution in [-0.4, -0.2) is 34.6 Å². The average molecular weight is 415 g/mol. The second-order valence-electron chi connectivity index (χ2n) is 6.54. The van der Waals surface area contributed by atoms with Crippen LogP contribution in [0.2, 0.25) is 0 Å². The smallest absolute Gasteiger partial charge is 0.231 e. The van der Waals surface area contributed by atoms with E-state index in [1.54, 1.807) is 25.4 Å². The highest BCUT2D eigenvalue weighted by atomic mass is 79.9. The molecular formula is C19H19BrN4O2. The predicted molar refractivity (Wildman–Crippen MR) is 103 cm³/mol. The van der Waals surface area contributed by atoms with Gasteiger partial charge in [-0.05, 0) is 46.1 Å². The lowest BCUT2D eigenvalue weighted by Gasteiger charge is -2.33. The number of hydrogen-bond acceptors (Lipinski definition) is 5. The molecule has 0 saturated carbocycles. The standard InChI is InChI=1S/C19H19BrN4O2/c1-19(10-17(26)24(2)18(21)23-19)13-5-3-4-12(8-13)9-16(25)15-7-6-14(20)11-22-15/h3-8,11H,9-10H2,1-2H3,(H2,21,23). The zero-order chi connectivity index (χ0) is 18.9. The van der Waals surface area contributed by atoms with E-state index in [0.29, 0.717) is 5.69 Å². The molecule has 1 amide bonds. The monoisotopic (exact) mass is 414 g/mol. The van der Waals surface area contributed by atoms with Crippen molar-refractivity contribution in [3.63, 3.8) is 0 Å². The highest BCUT2D eigenvalue weighted by molar-refractivity contribution is 9.10. The maximum absolute atomic E-state index is 12.5. The molecule has 0 saturated heterocycles. The molecule has 0 aliphatic carbocycles. The van der Waals surface area contributed by atoms with Crippen LogP contribution in [0.15, 0.2) is 52.1 Å². The lowest BCUT2D eigenvalue weighted by molar-refractivity contribution is -0.128. The van der Waals surface area contributed by atoms with Crippen molar-refractivity contribution in [2.24, 2.45) is 10.7 Å². The molecule has 1 unspecified atom stereocenters. The summed E-state index contributed by atoms with van der Waals surface area (Å²) >= 11 is 3.31. The Kier molecular flexibility index (Phi) is 4.91. The first kappa shape index (κ1) is 18.3. The molecule has 26 heavy (non-hydrogen) atoms. The molecule has 0 fully saturated rings. The van der Waals surface area contributed by atoms with Gasteiger partial charge >= 0.3 is 0 Å². The number of nitrogens with two attached hydrogens (primary N) is 1. The van der Waals surface area contributed by atoms with Crippen LogP contribution in [0.4, 0.5) is 0 Å². The van der Waals surface area contributed by atoms with Gasteiger partial charge < -0.3 is 5.73 Å². The molecule has 0 bridgehead atoms. The van der Waals surface area contributed by atoms with Crippen molar-refractivity contribution in [2.45, 2.75) is 25.3 Å². The van der Waals surface area contributed by atoms with Crippen molar-refractivity contribution in [1.82, 2.24) is 9.88 Å². The van der Waals surface area contributed by atoms with E-state index < -0.39 is 5.54 Å². The van der Waals surface area contributed by atoms with Gasteiger partial charge in [-0.25, -0.2) is 4.99 Å². The number of pyridine rings is 1. The van der Waals surface area contributed by atoms with E-state index in [9.17, 15) is 9.59 Å². The first-order valence-electron chi connectivity index (χ1n) is 8.14. The molecule has 3 rings (SSSR count). The Balaban J connectivity index is 1.85. The number of carbonyl (C=O) groups excluding carboxylic acids is 2. The minimum Gasteiger partial charge on any atom is -0.369 e. The number of aliphatic imine (C=N–C) groups is 1. The highest BCUT2D eigenvalue weighted by Gasteiger charge is 2.36. The van der Waals surface area contributed by atoms with Gasteiger partial charge in [0, 0.05) is 24.1 Å². The Morgan fingerprint density at radius 3 is 2.77 bits per heavy atom. The number of rotatable bonds is 4. The number of ketones is 1. The van der Waals surface area contributed by atoms with E-state index in [4.69, 9.17) is 5.73 Å². The predicted octanol–water partition coefficient (Wildman–Crippen LogP) is 2.66. The van der Waals surface area contributed by atoms with Crippen molar-refractivity contribution >= 4 is 33.6 Å². The van der Waals surface area contributed by atoms with Crippen LogP contribution in [0.5, 0.6) is 0 Å². The molecule has 2 aromatic rings. The largest absolute Gasteiger partial charge is 0.369 e. The molecule has 2 heterocycles. The summed E-state index contributed by atoms with van der Waals surface area (Å²) in [6.45, 7) is 1.88. The molecule has 7 heteroatoms. The third-order valence-electron chi connectivity index (χ3n) is 4.50. The number of halogens is 1. The first-order valence-corrected chi connectivity index (χ1v) is 8.94. The van der Waals surface area contributed by atoms with E-state index in [1.165, 1.54) is 4.90 Å². The van der Waals surface area contributed by atoms with Crippen molar-refractivity contribution in [3.8, 4) is 0 Å². The van der Waals surface area contributed by atoms with Gasteiger partial charge in [-0.15, -0.1) is 0 Å². The summed E-state index contributed by atoms with van der Waals surface area (Å²) < 4.78 is 0.825. The lowest BCUT2D eigenvalue weighted by Crippen LogP contribution is -2.47. The molecule has 2 N–H and O–H groups in total. The number of aromatic nitrogens is 1. The number of guanidine groups is 1. The number of nitrogens with zero attached hydrogens (tertiary/aromatic N) is 3. The first-order chi connectivity index (χ1) is 12.3. The van der Waals surface area contributed by atoms with Gasteiger partial charge in [-0.1, -0.05) is 24.3 Å². The van der Waals surface area contributed by atoms with E-state index in [1.807, 2.05) is 31.2 Å². The molecule has 0 radical (unpaired) electrons. The van der Waals surface area contributed by atoms with Crippen molar-refractivity contribution in [2.75, 3.05) is 7.05 Å². The molecule has 6 nitrogen and oxygen atoms in total. The van der Waals surface area contributed by atoms with Gasteiger partial charge in [0.15, 0.2) is 11.7 Å². The fourth-order valence-electron chi connectivity index (χ4n) is 2.91. The summed E-state index contributed by atoms with van der Waals surface area (Å²) in [4.78, 5) is 34.6. The maximum atomic E-state index is 12.5. The normalized spacial score (nSPS) is 20.0. The third-order valence-corrected chi connectivity index (χ3v) is 4.97. The van der Waals surface area contributed by atoms with E-state index >= 15 is 0 Å². The summed E-state index contributed by atoms with van der Waals surface area (Å²) in [5.74, 6) is 0.0482. The van der Waals surface area contributed by atoms with Crippen LogP contribution in [-0.2, 0) is 16.8 Å². The molecule has 1 aromatic heterocycles. The molecule has 134 valence electrons. The number of hydrogen-bond donors (Lipinski definition) is 1. The van der Waals surface area contributed by atoms with Crippen molar-refractivity contribution in [1.29, 1.82) is 0 Å². The maximum Gasteiger partial charge on any atom is 0.231 e. The Labute approximate surface area is 160 Å². The fourth-order valence-corrected chi connectivity index (χ4v) is 3.14. The highest BCUT2D eigenvalue weighted by Crippen LogP contribution is 2.33. The summed E-state index contributed by atoms with van der Waals surface area (Å²) in [7, 11) is 1.61. The van der Waals surface area contributed by atoms with Crippen molar-refractivity contribution in [3.05, 3.63) is 63.9 Å². The van der Waals surface area contributed by atoms with Gasteiger partial charge in [0.1, 0.15) is 5.69 Å². The van der Waals surface area contributed by atoms with E-state index in [2.05, 4.69) is 25.9 Å². The van der Waals surface area contributed by atoms with Gasteiger partial charge in [0.25, 0.3) is 0 Å². The van der Waals surface area contributed by atoms with Gasteiger partial charge in [0.05, 0.1) is 12.0 Å². The second-order valence-corrected chi connectivity index (χ2v) is 7.45. The Hall–Kier alpha value is -2.54. The van der Waals surface area contributed by atoms with Crippen LogP contribution < -0.4 is 5.73 Å². The summed E-state index contributed by atoms with van der Waals surface area (Å²) in [6.07, 6.45) is 2.06. The number of carbonyl (C=O) groups is 2. The molecule has 1 atom stereocenters. The lowest BCUT2D eigenvalue weighted by atomic mass is 9.86. The summed E-state index contributed by atoms with van der Waals surface area (Å²) in [5, 5.41) is 0. The van der Waals surface area contributed by atoms with Crippen LogP contribution in [0.1, 0.15) is 35.0 Å². The van der Waals surface area contributed by atoms with Gasteiger partial charge in [-0.2, -0.15) is 0 Å². The SMILES string of the molecule is CN1C(=O)CC(C)(c2cccc(CC(=O)c3ccc(Br)cn3)c2)N=C1N. The average Bonchev–Trinajstić information content (AvgIpc) is 2.60. The number of benzene rings is 1. The van der Waals surface area contributed by atoms with Gasteiger partial charge in [0.2, 0.25) is 5.91 Å². The summed E-state index contributed by atoms with van der Waals surface area (Å²) in [5.41, 5.74) is 7.27. The fraction of sp³-hybridized carbons (Fsp3) is 0.263. The minimum absolute atomic E-state index is 0.0673. The number of amides is 1. The quantitative estimate of drug-likeness (QED) is 0.778. The van der Waals surface area contributed by atoms with Crippen LogP contribution in [0, 0.1) is 0 Å². The number of Topliss-reactive ketones (excluding diaryl/α,β-unsaturated/α-hetero) is 1. The zero-order valence-electron chi connectivity index (χ0n) is 14.6. The molecule has 0 spiro atoms. The van der Waals surface area contributed by atoms with E-state index in [0.717, 1.165) is 15.6 Å². The van der Waals surface area contributed by atoms with Gasteiger partial charge in [-0.3, -0.25) is 19.5 Å². The van der Waals surface area contributed by atoms with E-state index in [-0.39, 0.29) is 30.5 Å². The molecule has 1 aliphatic rings. The van der Waals surface area contributed by atoms with Crippen molar-refractivity contribution < 1.29 is 9.59 Å². The minimum atomic E-state index is -0.734. The summed E-state index contributed by atoms with van der Waals surface area (Å²) in [6, 6.07) is 11.0. The Bertz CT molecular complexity index is 895. The molecule has 1 aliphatic heterocycles. The third kappa shape index (κ3) is 3.67. The van der Waals surface area contributed by atoms with Crippen LogP contribution in [0.25, 0.3) is 0 Å². The van der Waals surface area contributed by atoms with Crippen LogP contribution in [0.3, 0.4) is 0 Å². The molecule has 1 aromatic carbocycles. The Morgan fingerprint density at radius 2 is 2.12 bits per heavy atom. The topological polar surface area (TPSA) is 88.7 Å². The zero-order valence-corrected chi connectivity index (χ0v) is 16.2. The Morgan fingerprint density at radius 1 is 1.35 bits per heavy atom.